The molecule has 17 heavy (non-hydrogen) atoms. The number of aromatic amines is 1. The van der Waals surface area contributed by atoms with E-state index in [9.17, 15) is 9.59 Å². The number of carbonyl (C=O) groups is 1. The summed E-state index contributed by atoms with van der Waals surface area (Å²) in [5.74, 6) is -1.01. The van der Waals surface area contributed by atoms with Gasteiger partial charge in [0.05, 0.1) is 16.6 Å². The molecule has 3 rings (SSSR count). The molecule has 0 aliphatic carbocycles. The van der Waals surface area contributed by atoms with Gasteiger partial charge in [0.2, 0.25) is 0 Å². The molecule has 3 aromatic rings. The maximum atomic E-state index is 11.7. The Balaban J connectivity index is 2.50. The molecule has 1 aromatic carbocycles. The Morgan fingerprint density at radius 2 is 2.12 bits per heavy atom. The minimum atomic E-state index is -1.01. The van der Waals surface area contributed by atoms with Gasteiger partial charge in [0.1, 0.15) is 0 Å². The van der Waals surface area contributed by atoms with E-state index in [4.69, 9.17) is 5.11 Å². The van der Waals surface area contributed by atoms with E-state index in [1.807, 2.05) is 6.07 Å². The van der Waals surface area contributed by atoms with Crippen molar-refractivity contribution in [3.05, 3.63) is 52.6 Å². The first kappa shape index (κ1) is 9.65. The van der Waals surface area contributed by atoms with Crippen molar-refractivity contribution in [2.24, 2.45) is 0 Å². The molecule has 0 fully saturated rings. The molecule has 0 aliphatic rings. The van der Waals surface area contributed by atoms with Crippen LogP contribution in [0.4, 0.5) is 0 Å². The molecule has 5 heteroatoms. The fraction of sp³-hybridized carbons (Fsp3) is 0. The van der Waals surface area contributed by atoms with Gasteiger partial charge in [0, 0.05) is 11.6 Å². The number of fused-ring (bicyclic) bond motifs is 3. The number of hydrogen-bond donors (Lipinski definition) is 2. The number of nitrogens with zero attached hydrogens (tertiary/aromatic N) is 1. The molecule has 0 saturated carbocycles. The van der Waals surface area contributed by atoms with Crippen LogP contribution in [0.2, 0.25) is 0 Å². The van der Waals surface area contributed by atoms with E-state index in [1.165, 1.54) is 16.5 Å². The molecule has 0 unspecified atom stereocenters. The summed E-state index contributed by atoms with van der Waals surface area (Å²) in [6.45, 7) is 0. The average Bonchev–Trinajstić information content (AvgIpc) is 2.78. The number of aromatic nitrogens is 2. The number of H-pyrrole nitrogens is 1. The van der Waals surface area contributed by atoms with Crippen molar-refractivity contribution in [2.45, 2.75) is 0 Å². The summed E-state index contributed by atoms with van der Waals surface area (Å²) in [7, 11) is 0. The highest BCUT2D eigenvalue weighted by Crippen LogP contribution is 2.18. The highest BCUT2D eigenvalue weighted by molar-refractivity contribution is 5.98. The van der Waals surface area contributed by atoms with Crippen molar-refractivity contribution >= 4 is 22.4 Å². The molecule has 0 spiro atoms. The van der Waals surface area contributed by atoms with Crippen molar-refractivity contribution in [1.29, 1.82) is 0 Å². The van der Waals surface area contributed by atoms with Crippen LogP contribution in [0, 0.1) is 0 Å². The van der Waals surface area contributed by atoms with Gasteiger partial charge in [-0.1, -0.05) is 0 Å². The summed E-state index contributed by atoms with van der Waals surface area (Å²) >= 11 is 0. The van der Waals surface area contributed by atoms with Gasteiger partial charge in [-0.2, -0.15) is 0 Å². The lowest BCUT2D eigenvalue weighted by Crippen LogP contribution is -2.15. The summed E-state index contributed by atoms with van der Waals surface area (Å²) in [5, 5.41) is 9.71. The van der Waals surface area contributed by atoms with Crippen molar-refractivity contribution in [2.75, 3.05) is 0 Å². The minimum Gasteiger partial charge on any atom is -0.478 e. The normalized spacial score (nSPS) is 11.1. The fourth-order valence-corrected chi connectivity index (χ4v) is 1.96. The van der Waals surface area contributed by atoms with Gasteiger partial charge in [-0.3, -0.25) is 4.40 Å². The van der Waals surface area contributed by atoms with Gasteiger partial charge >= 0.3 is 11.7 Å². The minimum absolute atomic E-state index is 0.157. The van der Waals surface area contributed by atoms with Crippen LogP contribution in [0.25, 0.3) is 16.4 Å². The van der Waals surface area contributed by atoms with Crippen LogP contribution in [0.1, 0.15) is 10.4 Å². The standard InChI is InChI=1S/C12H8N2O3/c15-11(16)7-3-4-8-9(6-7)13-12(17)14-5-1-2-10(8)14/h1-6H,(H,13,17)(H,15,16). The molecule has 84 valence electrons. The first-order valence-corrected chi connectivity index (χ1v) is 5.03. The van der Waals surface area contributed by atoms with Gasteiger partial charge in [-0.25, -0.2) is 9.59 Å². The second-order valence-electron chi connectivity index (χ2n) is 3.76. The number of benzene rings is 1. The molecule has 0 amide bonds. The summed E-state index contributed by atoms with van der Waals surface area (Å²) in [5.41, 5.74) is 1.17. The number of carboxylic acids is 1. The van der Waals surface area contributed by atoms with E-state index in [1.54, 1.807) is 18.3 Å². The molecular weight excluding hydrogens is 220 g/mol. The molecule has 5 nitrogen and oxygen atoms in total. The molecule has 2 heterocycles. The highest BCUT2D eigenvalue weighted by atomic mass is 16.4. The summed E-state index contributed by atoms with van der Waals surface area (Å²) in [6.07, 6.45) is 1.67. The highest BCUT2D eigenvalue weighted by Gasteiger charge is 2.07. The summed E-state index contributed by atoms with van der Waals surface area (Å²) in [6, 6.07) is 8.28. The zero-order valence-electron chi connectivity index (χ0n) is 8.68. The van der Waals surface area contributed by atoms with Crippen molar-refractivity contribution in [1.82, 2.24) is 9.38 Å². The number of nitrogens with one attached hydrogen (secondary N) is 1. The third kappa shape index (κ3) is 1.32. The van der Waals surface area contributed by atoms with Gasteiger partial charge in [0.15, 0.2) is 0 Å². The Morgan fingerprint density at radius 3 is 2.88 bits per heavy atom. The van der Waals surface area contributed by atoms with Crippen LogP contribution >= 0.6 is 0 Å². The third-order valence-electron chi connectivity index (χ3n) is 2.75. The first-order chi connectivity index (χ1) is 8.16. The Bertz CT molecular complexity index is 798. The zero-order chi connectivity index (χ0) is 12.0. The van der Waals surface area contributed by atoms with Gasteiger partial charge in [-0.15, -0.1) is 0 Å². The summed E-state index contributed by atoms with van der Waals surface area (Å²) in [4.78, 5) is 25.2. The fourth-order valence-electron chi connectivity index (χ4n) is 1.96. The van der Waals surface area contributed by atoms with E-state index < -0.39 is 5.97 Å². The topological polar surface area (TPSA) is 74.6 Å². The Kier molecular flexibility index (Phi) is 1.82. The van der Waals surface area contributed by atoms with Crippen molar-refractivity contribution in [3.63, 3.8) is 0 Å². The lowest BCUT2D eigenvalue weighted by atomic mass is 10.1. The average molecular weight is 228 g/mol. The molecule has 0 radical (unpaired) electrons. The van der Waals surface area contributed by atoms with Crippen LogP contribution < -0.4 is 5.69 Å². The smallest absolute Gasteiger partial charge is 0.335 e. The SMILES string of the molecule is O=C(O)c1ccc2c(c1)[nH]c(=O)n1cccc21. The predicted molar refractivity (Wildman–Crippen MR) is 62.5 cm³/mol. The Morgan fingerprint density at radius 1 is 1.29 bits per heavy atom. The van der Waals surface area contributed by atoms with Crippen molar-refractivity contribution in [3.8, 4) is 0 Å². The molecule has 0 bridgehead atoms. The van der Waals surface area contributed by atoms with Crippen LogP contribution in [-0.2, 0) is 0 Å². The first-order valence-electron chi connectivity index (χ1n) is 5.03. The molecule has 0 aliphatic heterocycles. The van der Waals surface area contributed by atoms with Gasteiger partial charge < -0.3 is 10.1 Å². The molecule has 0 atom stereocenters. The Hall–Kier alpha value is -2.56. The van der Waals surface area contributed by atoms with E-state index in [0.717, 1.165) is 10.9 Å². The van der Waals surface area contributed by atoms with E-state index in [2.05, 4.69) is 4.98 Å². The summed E-state index contributed by atoms with van der Waals surface area (Å²) < 4.78 is 1.49. The molecule has 2 aromatic heterocycles. The van der Waals surface area contributed by atoms with E-state index in [-0.39, 0.29) is 11.3 Å². The third-order valence-corrected chi connectivity index (χ3v) is 2.75. The second kappa shape index (κ2) is 3.21. The maximum Gasteiger partial charge on any atom is 0.335 e. The number of carboxylic acid groups (broad SMARTS) is 1. The van der Waals surface area contributed by atoms with Crippen LogP contribution in [0.15, 0.2) is 41.3 Å². The molecule has 2 N–H and O–H groups in total. The monoisotopic (exact) mass is 228 g/mol. The number of aromatic carboxylic acids is 1. The number of hydrogen-bond acceptors (Lipinski definition) is 2. The van der Waals surface area contributed by atoms with Crippen molar-refractivity contribution < 1.29 is 9.90 Å². The molecular formula is C12H8N2O3. The van der Waals surface area contributed by atoms with Crippen LogP contribution in [-0.4, -0.2) is 20.5 Å². The van der Waals surface area contributed by atoms with Gasteiger partial charge in [0.25, 0.3) is 0 Å². The largest absolute Gasteiger partial charge is 0.478 e. The van der Waals surface area contributed by atoms with Gasteiger partial charge in [-0.05, 0) is 30.3 Å². The molecule has 0 saturated heterocycles. The van der Waals surface area contributed by atoms with E-state index in [0.29, 0.717) is 5.52 Å². The number of rotatable bonds is 1. The zero-order valence-corrected chi connectivity index (χ0v) is 8.68. The lowest BCUT2D eigenvalue weighted by Gasteiger charge is -2.02. The lowest BCUT2D eigenvalue weighted by molar-refractivity contribution is 0.0697. The second-order valence-corrected chi connectivity index (χ2v) is 3.76. The predicted octanol–water partition coefficient (Wildman–Crippen LogP) is 1.48. The van der Waals surface area contributed by atoms with E-state index >= 15 is 0 Å². The van der Waals surface area contributed by atoms with Crippen LogP contribution in [0.5, 0.6) is 0 Å². The maximum absolute atomic E-state index is 11.7. The quantitative estimate of drug-likeness (QED) is 0.662. The Labute approximate surface area is 94.9 Å². The van der Waals surface area contributed by atoms with Crippen LogP contribution in [0.3, 0.4) is 0 Å².